The predicted octanol–water partition coefficient (Wildman–Crippen LogP) is 4.36. The van der Waals surface area contributed by atoms with Gasteiger partial charge in [-0.2, -0.15) is 4.98 Å². The van der Waals surface area contributed by atoms with Gasteiger partial charge in [-0.3, -0.25) is 9.89 Å². The van der Waals surface area contributed by atoms with Crippen molar-refractivity contribution in [3.8, 4) is 17.5 Å². The van der Waals surface area contributed by atoms with E-state index in [1.807, 2.05) is 18.3 Å². The van der Waals surface area contributed by atoms with Gasteiger partial charge in [0.1, 0.15) is 6.10 Å². The molecule has 8 nitrogen and oxygen atoms in total. The molecule has 1 saturated heterocycles. The van der Waals surface area contributed by atoms with Gasteiger partial charge in [-0.15, -0.1) is 0 Å². The number of fused-ring (bicyclic) bond motifs is 1. The fourth-order valence-electron chi connectivity index (χ4n) is 7.71. The molecule has 3 aromatic rings. The van der Waals surface area contributed by atoms with Gasteiger partial charge in [-0.1, -0.05) is 11.2 Å². The van der Waals surface area contributed by atoms with Crippen molar-refractivity contribution >= 4 is 11.9 Å². The van der Waals surface area contributed by atoms with E-state index in [4.69, 9.17) is 25.1 Å². The molecule has 37 heavy (non-hydrogen) atoms. The molecule has 192 valence electrons. The van der Waals surface area contributed by atoms with E-state index in [0.29, 0.717) is 35.3 Å². The van der Waals surface area contributed by atoms with Crippen LogP contribution in [0, 0.1) is 5.92 Å². The van der Waals surface area contributed by atoms with E-state index in [2.05, 4.69) is 34.9 Å². The van der Waals surface area contributed by atoms with Crippen LogP contribution in [0.1, 0.15) is 72.9 Å². The molecule has 2 aromatic heterocycles. The van der Waals surface area contributed by atoms with Crippen LogP contribution in [0.4, 0.5) is 5.69 Å². The molecule has 3 heterocycles. The molecular weight excluding hydrogens is 464 g/mol. The van der Waals surface area contributed by atoms with Gasteiger partial charge in [0.25, 0.3) is 0 Å². The minimum Gasteiger partial charge on any atom is -0.473 e. The number of anilines is 1. The molecule has 8 heteroatoms. The van der Waals surface area contributed by atoms with Crippen LogP contribution in [0.25, 0.3) is 11.6 Å². The number of hydrogen-bond acceptors (Lipinski definition) is 8. The van der Waals surface area contributed by atoms with Crippen LogP contribution in [0.3, 0.4) is 0 Å². The minimum absolute atomic E-state index is 0.0497. The van der Waals surface area contributed by atoms with Crippen molar-refractivity contribution < 1.29 is 9.26 Å². The van der Waals surface area contributed by atoms with Crippen LogP contribution in [-0.4, -0.2) is 59.0 Å². The van der Waals surface area contributed by atoms with Gasteiger partial charge in [0.05, 0.1) is 5.69 Å². The maximum absolute atomic E-state index is 6.48. The molecule has 2 bridgehead atoms. The lowest BCUT2D eigenvalue weighted by Crippen LogP contribution is -2.48. The molecule has 5 aliphatic rings. The molecule has 4 aliphatic carbocycles. The third-order valence-corrected chi connectivity index (χ3v) is 9.51. The molecule has 0 amide bonds. The Balaban J connectivity index is 1.29. The summed E-state index contributed by atoms with van der Waals surface area (Å²) in [6.07, 6.45) is 10.4. The number of benzene rings is 1. The Labute approximate surface area is 217 Å². The van der Waals surface area contributed by atoms with Crippen LogP contribution in [0.2, 0.25) is 0 Å². The fourth-order valence-corrected chi connectivity index (χ4v) is 7.71. The predicted molar refractivity (Wildman–Crippen MR) is 142 cm³/mol. The highest BCUT2D eigenvalue weighted by molar-refractivity contribution is 5.91. The van der Waals surface area contributed by atoms with Gasteiger partial charge in [-0.05, 0) is 88.1 Å². The number of nitrogens with zero attached hydrogens (tertiary/aromatic N) is 5. The number of likely N-dealkylation sites (tertiary alicyclic amines) is 1. The highest BCUT2D eigenvalue weighted by Crippen LogP contribution is 2.66. The quantitative estimate of drug-likeness (QED) is 0.412. The first-order valence-corrected chi connectivity index (χ1v) is 13.6. The Kier molecular flexibility index (Phi) is 5.19. The topological polar surface area (TPSA) is 103 Å². The van der Waals surface area contributed by atoms with Crippen LogP contribution >= 0.6 is 0 Å². The van der Waals surface area contributed by atoms with Crippen molar-refractivity contribution in [2.45, 2.75) is 68.9 Å². The molecule has 1 saturated carbocycles. The largest absolute Gasteiger partial charge is 0.473 e. The van der Waals surface area contributed by atoms with Gasteiger partial charge in [0, 0.05) is 53.8 Å². The van der Waals surface area contributed by atoms with Crippen molar-refractivity contribution in [3.05, 3.63) is 52.3 Å². The summed E-state index contributed by atoms with van der Waals surface area (Å²) in [7, 11) is 3.97. The van der Waals surface area contributed by atoms with Gasteiger partial charge >= 0.3 is 0 Å². The molecule has 0 radical (unpaired) electrons. The number of aryl methyl sites for hydroxylation is 1. The second-order valence-electron chi connectivity index (χ2n) is 11.3. The summed E-state index contributed by atoms with van der Waals surface area (Å²) in [6.45, 7) is 3.24. The standard InChI is InChI=1S/C29H34N6O2/c1-16(22-5-4-12-35(22)3)36-23-9-11-32-28(33-23)26-24-18-13-19(14-18)29(27(24)34-37-26)10-8-17-6-7-21(30)20(15-31-2)25(17)29/h6-7,9,11,15-16,18-19,22H,4-5,8,10,12-14,30H2,1-3H3/t16-,18?,19?,22-,29+/m0/s1. The second-order valence-corrected chi connectivity index (χ2v) is 11.3. The Morgan fingerprint density at radius 2 is 2.16 bits per heavy atom. The summed E-state index contributed by atoms with van der Waals surface area (Å²) in [4.78, 5) is 16.1. The highest BCUT2D eigenvalue weighted by atomic mass is 16.5. The molecule has 2 fully saturated rings. The zero-order chi connectivity index (χ0) is 25.3. The number of likely N-dealkylation sites (N-methyl/N-ethyl adjacent to an activating group) is 1. The van der Waals surface area contributed by atoms with E-state index < -0.39 is 0 Å². The number of rotatable bonds is 5. The van der Waals surface area contributed by atoms with Crippen LogP contribution in [0.15, 0.2) is 33.9 Å². The van der Waals surface area contributed by atoms with Crippen molar-refractivity contribution in [1.29, 1.82) is 0 Å². The Morgan fingerprint density at radius 1 is 1.30 bits per heavy atom. The molecular formula is C29H34N6O2. The zero-order valence-corrected chi connectivity index (χ0v) is 21.8. The summed E-state index contributed by atoms with van der Waals surface area (Å²) in [6, 6.07) is 6.44. The first-order valence-electron chi connectivity index (χ1n) is 13.6. The maximum atomic E-state index is 6.48. The monoisotopic (exact) mass is 498 g/mol. The van der Waals surface area contributed by atoms with E-state index in [0.717, 1.165) is 55.6 Å². The molecule has 1 aromatic carbocycles. The lowest BCUT2D eigenvalue weighted by molar-refractivity contribution is 0.117. The summed E-state index contributed by atoms with van der Waals surface area (Å²) in [5, 5.41) is 4.75. The van der Waals surface area contributed by atoms with Crippen LogP contribution in [0.5, 0.6) is 5.88 Å². The number of ether oxygens (including phenoxy) is 1. The second kappa shape index (κ2) is 8.38. The average molecular weight is 499 g/mol. The lowest BCUT2D eigenvalue weighted by atomic mass is 9.49. The van der Waals surface area contributed by atoms with Gasteiger partial charge in [-0.25, -0.2) is 4.98 Å². The zero-order valence-electron chi connectivity index (χ0n) is 21.8. The third-order valence-electron chi connectivity index (χ3n) is 9.51. The number of nitrogens with two attached hydrogens (primary N) is 1. The fraction of sp³-hybridized carbons (Fsp3) is 0.517. The van der Waals surface area contributed by atoms with Crippen LogP contribution in [-0.2, 0) is 11.8 Å². The molecule has 2 N–H and O–H groups in total. The summed E-state index contributed by atoms with van der Waals surface area (Å²) < 4.78 is 12.4. The van der Waals surface area contributed by atoms with Crippen molar-refractivity contribution in [2.75, 3.05) is 26.4 Å². The first kappa shape index (κ1) is 22.9. The lowest BCUT2D eigenvalue weighted by Gasteiger charge is -2.52. The smallest absolute Gasteiger partial charge is 0.217 e. The normalized spacial score (nSPS) is 28.9. The Hall–Kier alpha value is -3.26. The number of hydrogen-bond donors (Lipinski definition) is 1. The number of aromatic nitrogens is 3. The highest BCUT2D eigenvalue weighted by Gasteiger charge is 2.60. The summed E-state index contributed by atoms with van der Waals surface area (Å²) in [5.74, 6) is 2.80. The molecule has 1 spiro atoms. The molecule has 0 unspecified atom stereocenters. The number of aliphatic imine (C=N–C) groups is 1. The SMILES string of the molecule is CN=Cc1c(N)ccc2c1[C@]1(CC2)c2noc(-c3nccc(O[C@@H](C)[C@@H]4CCCN4C)n3)c2C2CC1C2. The van der Waals surface area contributed by atoms with E-state index in [1.165, 1.54) is 23.1 Å². The summed E-state index contributed by atoms with van der Waals surface area (Å²) >= 11 is 0. The van der Waals surface area contributed by atoms with E-state index >= 15 is 0 Å². The van der Waals surface area contributed by atoms with Crippen molar-refractivity contribution in [2.24, 2.45) is 10.9 Å². The van der Waals surface area contributed by atoms with Gasteiger partial charge < -0.3 is 15.0 Å². The Morgan fingerprint density at radius 3 is 2.95 bits per heavy atom. The van der Waals surface area contributed by atoms with Crippen molar-refractivity contribution in [1.82, 2.24) is 20.0 Å². The molecule has 3 atom stereocenters. The molecule has 1 aliphatic heterocycles. The average Bonchev–Trinajstić information content (AvgIpc) is 3.59. The van der Waals surface area contributed by atoms with E-state index in [9.17, 15) is 0 Å². The number of nitrogen functional groups attached to an aromatic ring is 1. The first-order chi connectivity index (χ1) is 18.0. The minimum atomic E-state index is -0.192. The van der Waals surface area contributed by atoms with Crippen LogP contribution < -0.4 is 10.5 Å². The van der Waals surface area contributed by atoms with E-state index in [1.54, 1.807) is 13.2 Å². The maximum Gasteiger partial charge on any atom is 0.217 e. The van der Waals surface area contributed by atoms with E-state index in [-0.39, 0.29) is 11.5 Å². The van der Waals surface area contributed by atoms with Crippen molar-refractivity contribution in [3.63, 3.8) is 0 Å². The summed E-state index contributed by atoms with van der Waals surface area (Å²) in [5.41, 5.74) is 13.0. The Bertz CT molecular complexity index is 1390. The molecule has 8 rings (SSSR count). The third kappa shape index (κ3) is 3.24. The van der Waals surface area contributed by atoms with Gasteiger partial charge in [0.2, 0.25) is 17.5 Å². The van der Waals surface area contributed by atoms with Gasteiger partial charge in [0.15, 0.2) is 0 Å².